The monoisotopic (exact) mass is 208 g/mol. The molecule has 9 heavy (non-hydrogen) atoms. The molecule has 0 saturated heterocycles. The molecule has 0 saturated carbocycles. The van der Waals surface area contributed by atoms with E-state index in [4.69, 9.17) is 0 Å². The van der Waals surface area contributed by atoms with Gasteiger partial charge in [-0.3, -0.25) is 0 Å². The van der Waals surface area contributed by atoms with Crippen molar-refractivity contribution in [2.75, 3.05) is 7.05 Å². The summed E-state index contributed by atoms with van der Waals surface area (Å²) in [6, 6.07) is 0. The fraction of sp³-hybridized carbons (Fsp3) is 1.00. The van der Waals surface area contributed by atoms with Crippen LogP contribution in [0.5, 0.6) is 0 Å². The number of rotatable bonds is 2. The number of hydrogen-bond acceptors (Lipinski definition) is 1. The van der Waals surface area contributed by atoms with E-state index < -0.39 is 19.7 Å². The van der Waals surface area contributed by atoms with Crippen LogP contribution in [0.1, 0.15) is 0 Å². The van der Waals surface area contributed by atoms with Crippen molar-refractivity contribution in [1.82, 2.24) is 4.23 Å². The van der Waals surface area contributed by atoms with Crippen molar-refractivity contribution in [2.45, 2.75) is 31.1 Å². The van der Waals surface area contributed by atoms with Crippen LogP contribution in [0.3, 0.4) is 0 Å². The normalized spacial score (nSPS) is 14.0. The molecule has 0 atom stereocenters. The van der Waals surface area contributed by atoms with Crippen molar-refractivity contribution in [3.63, 3.8) is 0 Å². The second-order valence-electron chi connectivity index (χ2n) is 3.85. The Morgan fingerprint density at radius 3 is 1.44 bits per heavy atom. The van der Waals surface area contributed by atoms with Crippen LogP contribution in [-0.2, 0) is 0 Å². The van der Waals surface area contributed by atoms with Crippen molar-refractivity contribution < 1.29 is 0 Å². The maximum absolute atomic E-state index is 3.51. The molecule has 1 radical (unpaired) electrons. The van der Waals surface area contributed by atoms with Crippen LogP contribution in [-0.4, -0.2) is 26.7 Å². The van der Waals surface area contributed by atoms with Gasteiger partial charge in [-0.2, -0.15) is 0 Å². The Hall–Kier alpha value is 0.735. The molecule has 57 valence electrons. The van der Waals surface area contributed by atoms with Gasteiger partial charge in [-0.25, -0.2) is 0 Å². The van der Waals surface area contributed by atoms with Crippen LogP contribution in [0.25, 0.3) is 0 Å². The summed E-state index contributed by atoms with van der Waals surface area (Å²) < 4.78 is 3.51. The fourth-order valence-corrected chi connectivity index (χ4v) is 5.23. The van der Waals surface area contributed by atoms with Crippen LogP contribution in [0.4, 0.5) is 0 Å². The summed E-state index contributed by atoms with van der Waals surface area (Å²) in [6.45, 7) is 6.54. The average Bonchev–Trinajstić information content (AvgIpc) is 1.64. The Bertz CT molecular complexity index is 95.7. The molecule has 0 unspecified atom stereocenters. The predicted molar refractivity (Wildman–Crippen MR) is 49.9 cm³/mol. The zero-order valence-corrected chi connectivity index (χ0v) is 10.3. The van der Waals surface area contributed by atoms with Gasteiger partial charge in [0.1, 0.15) is 0 Å². The van der Waals surface area contributed by atoms with Gasteiger partial charge in [0.2, 0.25) is 0 Å². The van der Waals surface area contributed by atoms with E-state index in [0.717, 1.165) is 0 Å². The minimum absolute atomic E-state index is 0.824. The van der Waals surface area contributed by atoms with Crippen molar-refractivity contribution in [3.05, 3.63) is 0 Å². The Balaban J connectivity index is 4.14. The summed E-state index contributed by atoms with van der Waals surface area (Å²) in [5.74, 6) is 0. The van der Waals surface area contributed by atoms with Crippen molar-refractivity contribution >= 4 is 19.7 Å². The van der Waals surface area contributed by atoms with Gasteiger partial charge >= 0.3 is 62.0 Å². The molecule has 0 aromatic rings. The van der Waals surface area contributed by atoms with E-state index in [1.54, 1.807) is 0 Å². The predicted octanol–water partition coefficient (Wildman–Crippen LogP) is 1.83. The van der Waals surface area contributed by atoms with E-state index in [0.29, 0.717) is 0 Å². The first-order valence-electron chi connectivity index (χ1n) is 3.34. The van der Waals surface area contributed by atoms with Crippen LogP contribution in [0.2, 0.25) is 31.1 Å². The molecule has 0 aliphatic heterocycles. The molecule has 0 aliphatic rings. The molecule has 0 spiro atoms. The van der Waals surface area contributed by atoms with Crippen LogP contribution >= 0.6 is 0 Å². The van der Waals surface area contributed by atoms with Gasteiger partial charge in [0, 0.05) is 0 Å². The molecule has 0 amide bonds. The number of nitrogens with one attached hydrogen (secondary N) is 1. The minimum atomic E-state index is -1.31. The summed E-state index contributed by atoms with van der Waals surface area (Å²) in [4.78, 5) is 0. The quantitative estimate of drug-likeness (QED) is 0.683. The average molecular weight is 208 g/mol. The van der Waals surface area contributed by atoms with E-state index in [9.17, 15) is 0 Å². The van der Waals surface area contributed by atoms with Crippen LogP contribution in [0.15, 0.2) is 0 Å². The Morgan fingerprint density at radius 1 is 1.11 bits per heavy atom. The molecule has 0 aliphatic carbocycles. The van der Waals surface area contributed by atoms with Gasteiger partial charge in [0.05, 0.1) is 0 Å². The molecule has 0 heterocycles. The van der Waals surface area contributed by atoms with Crippen LogP contribution in [0, 0.1) is 0 Å². The SMILES string of the molecule is CN[As](C)(C)[Si](C)(C)C. The first-order valence-corrected chi connectivity index (χ1v) is 14.3. The molecule has 0 aromatic heterocycles. The van der Waals surface area contributed by atoms with Crippen molar-refractivity contribution in [2.24, 2.45) is 0 Å². The molecule has 0 fully saturated rings. The second kappa shape index (κ2) is 2.77. The van der Waals surface area contributed by atoms with E-state index in [1.807, 2.05) is 0 Å². The first kappa shape index (κ1) is 9.74. The molecule has 1 N–H and O–H groups in total. The second-order valence-corrected chi connectivity index (χ2v) is 29.5. The Morgan fingerprint density at radius 2 is 1.44 bits per heavy atom. The third-order valence-corrected chi connectivity index (χ3v) is 30.2. The summed E-state index contributed by atoms with van der Waals surface area (Å²) >= 11 is -1.31. The zero-order valence-electron chi connectivity index (χ0n) is 7.45. The molecule has 3 heteroatoms. The van der Waals surface area contributed by atoms with Crippen molar-refractivity contribution in [3.8, 4) is 0 Å². The van der Waals surface area contributed by atoms with Gasteiger partial charge in [-0.05, 0) is 0 Å². The van der Waals surface area contributed by atoms with Gasteiger partial charge < -0.3 is 0 Å². The summed E-state index contributed by atoms with van der Waals surface area (Å²) in [5.41, 5.74) is 4.90. The van der Waals surface area contributed by atoms with Crippen molar-refractivity contribution in [1.29, 1.82) is 0 Å². The van der Waals surface area contributed by atoms with Gasteiger partial charge in [0.15, 0.2) is 0 Å². The maximum atomic E-state index is 3.51. The fourth-order valence-electron chi connectivity index (χ4n) is 0.335. The third-order valence-electron chi connectivity index (χ3n) is 2.24. The number of hydrogen-bond donors (Lipinski definition) is 1. The zero-order chi connectivity index (χ0) is 7.71. The van der Waals surface area contributed by atoms with Gasteiger partial charge in [0.25, 0.3) is 0 Å². The topological polar surface area (TPSA) is 12.0 Å². The molecular formula is C6H19AsNSi. The third kappa shape index (κ3) is 2.44. The van der Waals surface area contributed by atoms with E-state index in [-0.39, 0.29) is 0 Å². The van der Waals surface area contributed by atoms with E-state index >= 15 is 0 Å². The van der Waals surface area contributed by atoms with Crippen LogP contribution < -0.4 is 4.23 Å². The standard InChI is InChI=1S/C6H19AsNSi/c1-7(2,8-3)9(4,5)6/h8H,1-6H3. The van der Waals surface area contributed by atoms with Gasteiger partial charge in [-0.15, -0.1) is 0 Å². The summed E-state index contributed by atoms with van der Waals surface area (Å²) in [5, 5.41) is 0. The summed E-state index contributed by atoms with van der Waals surface area (Å²) in [6.07, 6.45) is 0. The molecule has 0 bridgehead atoms. The molecular weight excluding hydrogens is 189 g/mol. The molecule has 0 aromatic carbocycles. The van der Waals surface area contributed by atoms with E-state index in [1.165, 1.54) is 0 Å². The Kier molecular flexibility index (Phi) is 3.00. The molecule has 1 nitrogen and oxygen atoms in total. The first-order chi connectivity index (χ1) is 3.81. The van der Waals surface area contributed by atoms with Gasteiger partial charge in [-0.1, -0.05) is 0 Å². The van der Waals surface area contributed by atoms with E-state index in [2.05, 4.69) is 42.3 Å². The molecule has 0 rings (SSSR count). The summed E-state index contributed by atoms with van der Waals surface area (Å²) in [7, 11) is 2.12. The Labute approximate surface area is 62.3 Å².